The number of carbonyl (C=O) groups excluding carboxylic acids is 1. The smallest absolute Gasteiger partial charge is 0.341 e. The minimum atomic E-state index is -0.675. The predicted octanol–water partition coefficient (Wildman–Crippen LogP) is 5.05. The number of ether oxygens (including phenoxy) is 1. The summed E-state index contributed by atoms with van der Waals surface area (Å²) in [4.78, 5) is 23.9. The van der Waals surface area contributed by atoms with Gasteiger partial charge in [0.15, 0.2) is 5.11 Å². The molecule has 0 spiro atoms. The van der Waals surface area contributed by atoms with Gasteiger partial charge in [0.2, 0.25) is 0 Å². The Hall–Kier alpha value is -2.59. The van der Waals surface area contributed by atoms with Crippen molar-refractivity contribution in [2.45, 2.75) is 38.5 Å². The van der Waals surface area contributed by atoms with Gasteiger partial charge < -0.3 is 15.4 Å². The largest absolute Gasteiger partial charge is 0.465 e. The zero-order valence-corrected chi connectivity index (χ0v) is 17.4. The number of anilines is 2. The lowest BCUT2D eigenvalue weighted by molar-refractivity contribution is -0.384. The Labute approximate surface area is 176 Å². The van der Waals surface area contributed by atoms with Crippen LogP contribution < -0.4 is 10.6 Å². The van der Waals surface area contributed by atoms with Crippen molar-refractivity contribution in [3.05, 3.63) is 50.1 Å². The van der Waals surface area contributed by atoms with Crippen LogP contribution in [0.5, 0.6) is 0 Å². The first kappa shape index (κ1) is 21.1. The molecule has 10 heteroatoms. The van der Waals surface area contributed by atoms with Crippen LogP contribution in [0.25, 0.3) is 0 Å². The molecule has 3 rings (SSSR count). The number of rotatable bonds is 4. The molecule has 0 aliphatic heterocycles. The number of nitro groups is 1. The summed E-state index contributed by atoms with van der Waals surface area (Å²) in [5.41, 5.74) is 1.06. The van der Waals surface area contributed by atoms with E-state index in [1.54, 1.807) is 0 Å². The molecule has 1 aromatic carbocycles. The highest BCUT2D eigenvalue weighted by Gasteiger charge is 2.25. The lowest BCUT2D eigenvalue weighted by Gasteiger charge is -2.12. The zero-order valence-electron chi connectivity index (χ0n) is 15.7. The number of thiophene rings is 1. The second-order valence-electron chi connectivity index (χ2n) is 6.61. The molecule has 0 fully saturated rings. The number of nitro benzene ring substituents is 1. The number of non-ortho nitro benzene ring substituents is 1. The Morgan fingerprint density at radius 2 is 1.97 bits per heavy atom. The minimum Gasteiger partial charge on any atom is -0.465 e. The van der Waals surface area contributed by atoms with E-state index in [2.05, 4.69) is 10.6 Å². The van der Waals surface area contributed by atoms with E-state index in [1.165, 1.54) is 18.4 Å². The molecule has 0 saturated heterocycles. The van der Waals surface area contributed by atoms with Crippen molar-refractivity contribution in [2.24, 2.45) is 0 Å². The fourth-order valence-corrected chi connectivity index (χ4v) is 4.86. The van der Waals surface area contributed by atoms with Crippen LogP contribution in [0.15, 0.2) is 18.2 Å². The Bertz CT molecular complexity index is 961. The molecule has 0 atom stereocenters. The fourth-order valence-electron chi connectivity index (χ4n) is 3.30. The number of thiocarbonyl (C=S) groups is 1. The average Bonchev–Trinajstić information content (AvgIpc) is 2.98. The van der Waals surface area contributed by atoms with Gasteiger partial charge in [-0.2, -0.15) is 0 Å². The second kappa shape index (κ2) is 9.27. The molecule has 0 bridgehead atoms. The third-order valence-electron chi connectivity index (χ3n) is 4.70. The van der Waals surface area contributed by atoms with Crippen molar-refractivity contribution in [3.8, 4) is 0 Å². The third-order valence-corrected chi connectivity index (χ3v) is 6.11. The van der Waals surface area contributed by atoms with E-state index in [-0.39, 0.29) is 16.5 Å². The maximum absolute atomic E-state index is 14.0. The number of carbonyl (C=O) groups is 1. The van der Waals surface area contributed by atoms with E-state index in [0.29, 0.717) is 10.6 Å². The number of halogens is 1. The van der Waals surface area contributed by atoms with Gasteiger partial charge in [0.1, 0.15) is 10.8 Å². The van der Waals surface area contributed by atoms with Gasteiger partial charge in [-0.1, -0.05) is 12.8 Å². The van der Waals surface area contributed by atoms with Gasteiger partial charge in [-0.15, -0.1) is 11.3 Å². The number of fused-ring (bicyclic) bond motifs is 1. The van der Waals surface area contributed by atoms with E-state index in [0.717, 1.165) is 67.2 Å². The number of nitrogens with zero attached hydrogens (tertiary/aromatic N) is 1. The Balaban J connectivity index is 1.86. The summed E-state index contributed by atoms with van der Waals surface area (Å²) in [5.74, 6) is -1.12. The molecule has 0 saturated carbocycles. The van der Waals surface area contributed by atoms with E-state index in [9.17, 15) is 19.3 Å². The molecule has 1 aliphatic rings. The van der Waals surface area contributed by atoms with Crippen molar-refractivity contribution in [1.29, 1.82) is 0 Å². The van der Waals surface area contributed by atoms with Crippen molar-refractivity contribution >= 4 is 51.0 Å². The van der Waals surface area contributed by atoms with Gasteiger partial charge in [-0.3, -0.25) is 10.1 Å². The lowest BCUT2D eigenvalue weighted by atomic mass is 9.96. The minimum absolute atomic E-state index is 0.0313. The molecular formula is C19H20FN3O4S2. The molecule has 1 aromatic heterocycles. The summed E-state index contributed by atoms with van der Waals surface area (Å²) in [7, 11) is 1.33. The average molecular weight is 438 g/mol. The predicted molar refractivity (Wildman–Crippen MR) is 114 cm³/mol. The number of aryl methyl sites for hydroxylation is 1. The van der Waals surface area contributed by atoms with Gasteiger partial charge in [-0.25, -0.2) is 9.18 Å². The van der Waals surface area contributed by atoms with Gasteiger partial charge in [0.05, 0.1) is 23.3 Å². The summed E-state index contributed by atoms with van der Waals surface area (Å²) in [6, 6.07) is 3.14. The number of methoxy groups -OCH3 is 1. The molecule has 0 unspecified atom stereocenters. The number of hydrogen-bond acceptors (Lipinski definition) is 6. The van der Waals surface area contributed by atoms with Gasteiger partial charge >= 0.3 is 5.97 Å². The Morgan fingerprint density at radius 3 is 2.66 bits per heavy atom. The monoisotopic (exact) mass is 437 g/mol. The summed E-state index contributed by atoms with van der Waals surface area (Å²) >= 11 is 6.70. The third kappa shape index (κ3) is 4.88. The summed E-state index contributed by atoms with van der Waals surface area (Å²) in [6.45, 7) is 0. The van der Waals surface area contributed by atoms with E-state index in [1.807, 2.05) is 0 Å². The number of hydrogen-bond donors (Lipinski definition) is 2. The maximum Gasteiger partial charge on any atom is 0.341 e. The molecule has 7 nitrogen and oxygen atoms in total. The second-order valence-corrected chi connectivity index (χ2v) is 8.13. The number of benzene rings is 1. The first-order chi connectivity index (χ1) is 13.9. The van der Waals surface area contributed by atoms with Crippen LogP contribution in [-0.2, 0) is 17.6 Å². The van der Waals surface area contributed by atoms with Crippen molar-refractivity contribution in [1.82, 2.24) is 0 Å². The maximum atomic E-state index is 14.0. The van der Waals surface area contributed by atoms with E-state index in [4.69, 9.17) is 17.0 Å². The molecule has 154 valence electrons. The van der Waals surface area contributed by atoms with Crippen LogP contribution in [0.3, 0.4) is 0 Å². The molecule has 0 amide bonds. The highest BCUT2D eigenvalue weighted by Crippen LogP contribution is 2.37. The van der Waals surface area contributed by atoms with Gasteiger partial charge in [0.25, 0.3) is 5.69 Å². The molecule has 1 aliphatic carbocycles. The highest BCUT2D eigenvalue weighted by atomic mass is 32.1. The van der Waals surface area contributed by atoms with Crippen molar-refractivity contribution in [2.75, 3.05) is 17.7 Å². The van der Waals surface area contributed by atoms with Gasteiger partial charge in [-0.05, 0) is 49.5 Å². The molecule has 1 heterocycles. The molecule has 29 heavy (non-hydrogen) atoms. The highest BCUT2D eigenvalue weighted by molar-refractivity contribution is 7.80. The summed E-state index contributed by atoms with van der Waals surface area (Å²) < 4.78 is 19.0. The fraction of sp³-hybridized carbons (Fsp3) is 0.368. The summed E-state index contributed by atoms with van der Waals surface area (Å²) in [5, 5.41) is 17.1. The van der Waals surface area contributed by atoms with Crippen LogP contribution in [0.4, 0.5) is 20.8 Å². The normalized spacial score (nSPS) is 13.6. The van der Waals surface area contributed by atoms with Crippen LogP contribution >= 0.6 is 23.6 Å². The first-order valence-corrected chi connectivity index (χ1v) is 10.4. The Kier molecular flexibility index (Phi) is 6.75. The van der Waals surface area contributed by atoms with Gasteiger partial charge in [0, 0.05) is 17.0 Å². The van der Waals surface area contributed by atoms with Crippen molar-refractivity contribution in [3.63, 3.8) is 0 Å². The molecule has 0 radical (unpaired) electrons. The SMILES string of the molecule is COC(=O)c1c(NC(=S)Nc2cc([N+](=O)[O-])ccc2F)sc2c1CCCCCC2. The zero-order chi connectivity index (χ0) is 21.0. The quantitative estimate of drug-likeness (QED) is 0.299. The van der Waals surface area contributed by atoms with Crippen LogP contribution in [-0.4, -0.2) is 23.1 Å². The lowest BCUT2D eigenvalue weighted by Crippen LogP contribution is -2.21. The number of esters is 1. The Morgan fingerprint density at radius 1 is 1.24 bits per heavy atom. The molecule has 2 aromatic rings. The van der Waals surface area contributed by atoms with Crippen LogP contribution in [0, 0.1) is 15.9 Å². The standard InChI is InChI=1S/C19H20FN3O4S2/c1-27-18(24)16-12-6-4-2-3-5-7-15(12)29-17(16)22-19(28)21-14-10-11(23(25)26)8-9-13(14)20/h8-10H,2-7H2,1H3,(H2,21,22,28). The van der Waals surface area contributed by atoms with Crippen LogP contribution in [0.2, 0.25) is 0 Å². The van der Waals surface area contributed by atoms with Crippen LogP contribution in [0.1, 0.15) is 46.5 Å². The van der Waals surface area contributed by atoms with E-state index < -0.39 is 16.7 Å². The van der Waals surface area contributed by atoms with E-state index >= 15 is 0 Å². The topological polar surface area (TPSA) is 93.5 Å². The summed E-state index contributed by atoms with van der Waals surface area (Å²) in [6.07, 6.45) is 5.98. The number of nitrogens with one attached hydrogen (secondary N) is 2. The molecular weight excluding hydrogens is 417 g/mol. The first-order valence-electron chi connectivity index (χ1n) is 9.15. The van der Waals surface area contributed by atoms with Crippen molar-refractivity contribution < 1.29 is 18.8 Å². The molecule has 2 N–H and O–H groups in total.